The molecule has 0 aliphatic heterocycles. The molecule has 4 nitrogen and oxygen atoms in total. The van der Waals surface area contributed by atoms with E-state index in [1.807, 2.05) is 13.0 Å². The van der Waals surface area contributed by atoms with E-state index in [2.05, 4.69) is 16.3 Å². The Hall–Kier alpha value is -1.94. The number of allylic oxidation sites excluding steroid dienone is 2. The van der Waals surface area contributed by atoms with Gasteiger partial charge in [-0.05, 0) is 24.1 Å². The summed E-state index contributed by atoms with van der Waals surface area (Å²) in [6, 6.07) is 1.86. The van der Waals surface area contributed by atoms with Gasteiger partial charge in [0, 0.05) is 43.9 Å². The van der Waals surface area contributed by atoms with Gasteiger partial charge < -0.3 is 10.5 Å². The highest BCUT2D eigenvalue weighted by atomic mass is 16.4. The number of aryl methyl sites for hydroxylation is 1. The van der Waals surface area contributed by atoms with Crippen LogP contribution in [0.15, 0.2) is 36.8 Å². The first-order valence-corrected chi connectivity index (χ1v) is 4.99. The third kappa shape index (κ3) is 4.61. The Kier molecular flexibility index (Phi) is 7.30. The number of ether oxygens (including phenoxy) is 1. The molecule has 0 saturated carbocycles. The van der Waals surface area contributed by atoms with Gasteiger partial charge in [-0.15, -0.1) is 0 Å². The topological polar surface area (TPSA) is 65.2 Å². The van der Waals surface area contributed by atoms with Gasteiger partial charge in [0.05, 0.1) is 0 Å². The lowest BCUT2D eigenvalue weighted by Crippen LogP contribution is -1.96. The number of pyridine rings is 1. The van der Waals surface area contributed by atoms with Crippen LogP contribution in [0.4, 0.5) is 0 Å². The van der Waals surface area contributed by atoms with Crippen LogP contribution in [0.1, 0.15) is 11.1 Å². The molecular weight excluding hydrogens is 216 g/mol. The lowest BCUT2D eigenvalue weighted by Gasteiger charge is -2.06. The molecule has 1 aromatic rings. The SMILES string of the molecule is C=C(/C(C=O)=C\N)c1cnccc1C.COC. The molecule has 0 unspecified atom stereocenters. The highest BCUT2D eigenvalue weighted by molar-refractivity contribution is 5.97. The second-order valence-electron chi connectivity index (χ2n) is 3.32. The molecule has 0 radical (unpaired) electrons. The fourth-order valence-corrected chi connectivity index (χ4v) is 1.15. The molecule has 0 aromatic carbocycles. The van der Waals surface area contributed by atoms with E-state index in [0.29, 0.717) is 17.4 Å². The molecule has 0 aliphatic rings. The van der Waals surface area contributed by atoms with E-state index in [4.69, 9.17) is 5.73 Å². The number of carbonyl (C=O) groups excluding carboxylic acids is 1. The molecule has 0 atom stereocenters. The van der Waals surface area contributed by atoms with E-state index in [0.717, 1.165) is 11.1 Å². The van der Waals surface area contributed by atoms with Crippen molar-refractivity contribution in [1.82, 2.24) is 4.98 Å². The van der Waals surface area contributed by atoms with Crippen LogP contribution in [-0.2, 0) is 9.53 Å². The molecule has 1 aromatic heterocycles. The van der Waals surface area contributed by atoms with Gasteiger partial charge >= 0.3 is 0 Å². The summed E-state index contributed by atoms with van der Waals surface area (Å²) < 4.78 is 4.25. The van der Waals surface area contributed by atoms with Crippen LogP contribution < -0.4 is 5.73 Å². The van der Waals surface area contributed by atoms with Gasteiger partial charge in [-0.2, -0.15) is 0 Å². The van der Waals surface area contributed by atoms with Crippen LogP contribution in [0.5, 0.6) is 0 Å². The number of aldehydes is 1. The van der Waals surface area contributed by atoms with Crippen LogP contribution in [0.3, 0.4) is 0 Å². The molecular formula is C13H18N2O2. The minimum Gasteiger partial charge on any atom is -0.404 e. The van der Waals surface area contributed by atoms with E-state index in [9.17, 15) is 4.79 Å². The van der Waals surface area contributed by atoms with Crippen molar-refractivity contribution in [3.63, 3.8) is 0 Å². The second-order valence-corrected chi connectivity index (χ2v) is 3.32. The Balaban J connectivity index is 0.000000770. The Labute approximate surface area is 102 Å². The lowest BCUT2D eigenvalue weighted by molar-refractivity contribution is -0.104. The van der Waals surface area contributed by atoms with E-state index in [1.54, 1.807) is 26.6 Å². The standard InChI is InChI=1S/C11H12N2O.C2H6O/c1-8-3-4-13-6-11(8)9(2)10(5-12)7-14;1-3-2/h3-7H,2,12H2,1H3;1-2H3/b10-5-;. The lowest BCUT2D eigenvalue weighted by atomic mass is 9.99. The van der Waals surface area contributed by atoms with Crippen LogP contribution in [0, 0.1) is 6.92 Å². The number of methoxy groups -OCH3 is 1. The van der Waals surface area contributed by atoms with Gasteiger partial charge in [0.25, 0.3) is 0 Å². The second kappa shape index (κ2) is 8.24. The highest BCUT2D eigenvalue weighted by Crippen LogP contribution is 2.21. The minimum absolute atomic E-state index is 0.390. The third-order valence-electron chi connectivity index (χ3n) is 2.02. The van der Waals surface area contributed by atoms with Crippen LogP contribution >= 0.6 is 0 Å². The highest BCUT2D eigenvalue weighted by Gasteiger charge is 2.06. The number of aromatic nitrogens is 1. The van der Waals surface area contributed by atoms with Crippen LogP contribution in [0.25, 0.3) is 5.57 Å². The first-order chi connectivity index (χ1) is 8.12. The van der Waals surface area contributed by atoms with Crippen molar-refractivity contribution in [2.75, 3.05) is 14.2 Å². The zero-order valence-corrected chi connectivity index (χ0v) is 10.4. The summed E-state index contributed by atoms with van der Waals surface area (Å²) >= 11 is 0. The van der Waals surface area contributed by atoms with Gasteiger partial charge in [0.2, 0.25) is 0 Å². The molecule has 4 heteroatoms. The van der Waals surface area contributed by atoms with Crippen molar-refractivity contribution in [2.24, 2.45) is 5.73 Å². The maximum atomic E-state index is 10.6. The summed E-state index contributed by atoms with van der Waals surface area (Å²) in [5, 5.41) is 0. The van der Waals surface area contributed by atoms with E-state index in [-0.39, 0.29) is 0 Å². The normalized spacial score (nSPS) is 10.2. The molecule has 0 spiro atoms. The molecule has 0 bridgehead atoms. The Morgan fingerprint density at radius 2 is 2.12 bits per heavy atom. The van der Waals surface area contributed by atoms with E-state index in [1.165, 1.54) is 6.20 Å². The van der Waals surface area contributed by atoms with Crippen molar-refractivity contribution in [1.29, 1.82) is 0 Å². The smallest absolute Gasteiger partial charge is 0.152 e. The monoisotopic (exact) mass is 234 g/mol. The van der Waals surface area contributed by atoms with Gasteiger partial charge in [0.15, 0.2) is 6.29 Å². The maximum Gasteiger partial charge on any atom is 0.152 e. The summed E-state index contributed by atoms with van der Waals surface area (Å²) in [5.74, 6) is 0. The van der Waals surface area contributed by atoms with Gasteiger partial charge in [-0.1, -0.05) is 6.58 Å². The number of nitrogens with two attached hydrogens (primary N) is 1. The van der Waals surface area contributed by atoms with E-state index < -0.39 is 0 Å². The number of hydrogen-bond acceptors (Lipinski definition) is 4. The maximum absolute atomic E-state index is 10.6. The summed E-state index contributed by atoms with van der Waals surface area (Å²) in [6.07, 6.45) is 5.31. The molecule has 2 N–H and O–H groups in total. The quantitative estimate of drug-likeness (QED) is 0.491. The van der Waals surface area contributed by atoms with Gasteiger partial charge in [-0.25, -0.2) is 0 Å². The molecule has 1 heterocycles. The van der Waals surface area contributed by atoms with E-state index >= 15 is 0 Å². The first kappa shape index (κ1) is 15.1. The third-order valence-corrected chi connectivity index (χ3v) is 2.02. The molecule has 1 rings (SSSR count). The average Bonchev–Trinajstić information content (AvgIpc) is 2.32. The number of rotatable bonds is 3. The molecule has 92 valence electrons. The Morgan fingerprint density at radius 1 is 1.53 bits per heavy atom. The number of hydrogen-bond donors (Lipinski definition) is 1. The summed E-state index contributed by atoms with van der Waals surface area (Å²) in [7, 11) is 3.25. The first-order valence-electron chi connectivity index (χ1n) is 4.99. The molecule has 0 saturated heterocycles. The molecule has 17 heavy (non-hydrogen) atoms. The fraction of sp³-hybridized carbons (Fsp3) is 0.231. The predicted octanol–water partition coefficient (Wildman–Crippen LogP) is 1.71. The zero-order valence-electron chi connectivity index (χ0n) is 10.4. The van der Waals surface area contributed by atoms with Crippen molar-refractivity contribution in [3.8, 4) is 0 Å². The summed E-state index contributed by atoms with van der Waals surface area (Å²) in [6.45, 7) is 5.74. The predicted molar refractivity (Wildman–Crippen MR) is 69.3 cm³/mol. The summed E-state index contributed by atoms with van der Waals surface area (Å²) in [5.41, 5.74) is 8.16. The Morgan fingerprint density at radius 3 is 2.53 bits per heavy atom. The molecule has 0 fully saturated rings. The fourth-order valence-electron chi connectivity index (χ4n) is 1.15. The Bertz CT molecular complexity index is 412. The average molecular weight is 234 g/mol. The number of nitrogens with zero attached hydrogens (tertiary/aromatic N) is 1. The van der Waals surface area contributed by atoms with Crippen LogP contribution in [0.2, 0.25) is 0 Å². The largest absolute Gasteiger partial charge is 0.404 e. The van der Waals surface area contributed by atoms with Gasteiger partial charge in [0.1, 0.15) is 0 Å². The van der Waals surface area contributed by atoms with Gasteiger partial charge in [-0.3, -0.25) is 9.78 Å². The summed E-state index contributed by atoms with van der Waals surface area (Å²) in [4.78, 5) is 14.6. The van der Waals surface area contributed by atoms with Crippen molar-refractivity contribution in [2.45, 2.75) is 6.92 Å². The molecule has 0 aliphatic carbocycles. The zero-order chi connectivity index (χ0) is 13.3. The van der Waals surface area contributed by atoms with Crippen molar-refractivity contribution in [3.05, 3.63) is 47.9 Å². The van der Waals surface area contributed by atoms with Crippen molar-refractivity contribution < 1.29 is 9.53 Å². The number of carbonyl (C=O) groups is 1. The minimum atomic E-state index is 0.390. The van der Waals surface area contributed by atoms with Crippen LogP contribution in [-0.4, -0.2) is 25.5 Å². The van der Waals surface area contributed by atoms with Crippen molar-refractivity contribution >= 4 is 11.9 Å². The molecule has 0 amide bonds.